The Morgan fingerprint density at radius 3 is 1.85 bits per heavy atom. The van der Waals surface area contributed by atoms with Gasteiger partial charge in [0, 0.05) is 17.5 Å². The third-order valence-corrected chi connectivity index (χ3v) is 4.33. The van der Waals surface area contributed by atoms with Crippen molar-refractivity contribution in [2.45, 2.75) is 19.8 Å². The first-order chi connectivity index (χ1) is 12.5. The van der Waals surface area contributed by atoms with Gasteiger partial charge in [0.15, 0.2) is 11.5 Å². The zero-order chi connectivity index (χ0) is 19.3. The minimum Gasteiger partial charge on any atom is -0.492 e. The van der Waals surface area contributed by atoms with E-state index in [1.807, 2.05) is 31.2 Å². The molecule has 0 spiro atoms. The molecule has 0 saturated carbocycles. The highest BCUT2D eigenvalue weighted by Crippen LogP contribution is 2.49. The van der Waals surface area contributed by atoms with Gasteiger partial charge in [-0.05, 0) is 18.1 Å². The molecular weight excluding hydrogens is 336 g/mol. The maximum Gasteiger partial charge on any atom is 0.307 e. The molecule has 0 bridgehead atoms. The third-order valence-electron chi connectivity index (χ3n) is 4.33. The van der Waals surface area contributed by atoms with Crippen LogP contribution in [0.15, 0.2) is 24.3 Å². The number of carboxylic acid groups (broad SMARTS) is 1. The molecule has 2 aromatic carbocycles. The molecule has 0 unspecified atom stereocenters. The van der Waals surface area contributed by atoms with Crippen molar-refractivity contribution in [2.75, 3.05) is 28.4 Å². The lowest BCUT2D eigenvalue weighted by Gasteiger charge is -2.22. The summed E-state index contributed by atoms with van der Waals surface area (Å²) in [5, 5.41) is 9.16. The summed E-state index contributed by atoms with van der Waals surface area (Å²) in [5.41, 5.74) is 3.38. The molecule has 140 valence electrons. The number of carbonyl (C=O) groups is 1. The summed E-state index contributed by atoms with van der Waals surface area (Å²) >= 11 is 0. The van der Waals surface area contributed by atoms with E-state index in [1.54, 1.807) is 21.3 Å². The van der Waals surface area contributed by atoms with Gasteiger partial charge in [0.2, 0.25) is 11.5 Å². The number of aliphatic carboxylic acids is 1. The van der Waals surface area contributed by atoms with Crippen LogP contribution < -0.4 is 18.9 Å². The zero-order valence-electron chi connectivity index (χ0n) is 15.7. The molecule has 0 fully saturated rings. The lowest BCUT2D eigenvalue weighted by Crippen LogP contribution is -2.08. The first-order valence-corrected chi connectivity index (χ1v) is 8.12. The molecule has 0 atom stereocenters. The predicted octanol–water partition coefficient (Wildman–Crippen LogP) is 3.25. The molecule has 2 rings (SSSR count). The molecule has 0 saturated heterocycles. The Kier molecular flexibility index (Phi) is 6.33. The number of methoxy groups -OCH3 is 4. The van der Waals surface area contributed by atoms with Crippen LogP contribution in [0, 0.1) is 6.92 Å². The molecule has 0 radical (unpaired) electrons. The fraction of sp³-hybridized carbons (Fsp3) is 0.350. The van der Waals surface area contributed by atoms with Crippen LogP contribution in [0.5, 0.6) is 23.0 Å². The van der Waals surface area contributed by atoms with Crippen molar-refractivity contribution in [3.8, 4) is 23.0 Å². The molecule has 0 aromatic heterocycles. The Hall–Kier alpha value is -2.89. The van der Waals surface area contributed by atoms with Crippen LogP contribution in [0.1, 0.15) is 22.3 Å². The van der Waals surface area contributed by atoms with Crippen LogP contribution in [0.4, 0.5) is 0 Å². The number of hydrogen-bond acceptors (Lipinski definition) is 5. The number of benzene rings is 2. The van der Waals surface area contributed by atoms with Crippen LogP contribution >= 0.6 is 0 Å². The highest BCUT2D eigenvalue weighted by atomic mass is 16.5. The zero-order valence-corrected chi connectivity index (χ0v) is 15.7. The Labute approximate surface area is 153 Å². The second kappa shape index (κ2) is 8.47. The standard InChI is InChI=1S/C20H24O6/c1-12-15(10-13-8-6-7-9-14(13)11-16(21)22)18(24-3)20(26-5)19(25-4)17(12)23-2/h6-9H,10-11H2,1-5H3,(H,21,22). The van der Waals surface area contributed by atoms with Gasteiger partial charge in [0.1, 0.15) is 0 Å². The maximum absolute atomic E-state index is 11.2. The summed E-state index contributed by atoms with van der Waals surface area (Å²) in [4.78, 5) is 11.2. The number of hydrogen-bond donors (Lipinski definition) is 1. The monoisotopic (exact) mass is 360 g/mol. The van der Waals surface area contributed by atoms with Crippen molar-refractivity contribution in [3.05, 3.63) is 46.5 Å². The first-order valence-electron chi connectivity index (χ1n) is 8.12. The lowest BCUT2D eigenvalue weighted by molar-refractivity contribution is -0.136. The molecular formula is C20H24O6. The fourth-order valence-electron chi connectivity index (χ4n) is 3.12. The molecule has 6 nitrogen and oxygen atoms in total. The minimum atomic E-state index is -0.869. The molecule has 2 aromatic rings. The Bertz CT molecular complexity index is 797. The smallest absolute Gasteiger partial charge is 0.307 e. The average molecular weight is 360 g/mol. The van der Waals surface area contributed by atoms with Crippen molar-refractivity contribution in [2.24, 2.45) is 0 Å². The normalized spacial score (nSPS) is 10.3. The van der Waals surface area contributed by atoms with Gasteiger partial charge in [-0.2, -0.15) is 0 Å². The SMILES string of the molecule is COc1c(C)c(Cc2ccccc2CC(=O)O)c(OC)c(OC)c1OC. The van der Waals surface area contributed by atoms with Crippen LogP contribution in [-0.2, 0) is 17.6 Å². The van der Waals surface area contributed by atoms with E-state index in [-0.39, 0.29) is 6.42 Å². The van der Waals surface area contributed by atoms with E-state index >= 15 is 0 Å². The van der Waals surface area contributed by atoms with Crippen molar-refractivity contribution in [3.63, 3.8) is 0 Å². The molecule has 0 heterocycles. The molecule has 0 aliphatic heterocycles. The van der Waals surface area contributed by atoms with Gasteiger partial charge in [-0.3, -0.25) is 4.79 Å². The fourth-order valence-corrected chi connectivity index (χ4v) is 3.12. The predicted molar refractivity (Wildman–Crippen MR) is 98.0 cm³/mol. The quantitative estimate of drug-likeness (QED) is 0.779. The molecule has 0 aliphatic carbocycles. The van der Waals surface area contributed by atoms with E-state index in [9.17, 15) is 4.79 Å². The summed E-state index contributed by atoms with van der Waals surface area (Å²) < 4.78 is 22.1. The van der Waals surface area contributed by atoms with Gasteiger partial charge in [0.05, 0.1) is 34.9 Å². The second-order valence-electron chi connectivity index (χ2n) is 5.75. The summed E-state index contributed by atoms with van der Waals surface area (Å²) in [6.45, 7) is 1.92. The van der Waals surface area contributed by atoms with Gasteiger partial charge < -0.3 is 24.1 Å². The van der Waals surface area contributed by atoms with Crippen LogP contribution in [0.2, 0.25) is 0 Å². The van der Waals surface area contributed by atoms with E-state index in [0.717, 1.165) is 22.3 Å². The average Bonchev–Trinajstić information content (AvgIpc) is 2.63. The summed E-state index contributed by atoms with van der Waals surface area (Å²) in [7, 11) is 6.22. The largest absolute Gasteiger partial charge is 0.492 e. The molecule has 0 amide bonds. The maximum atomic E-state index is 11.2. The van der Waals surface area contributed by atoms with Gasteiger partial charge in [-0.1, -0.05) is 24.3 Å². The Balaban J connectivity index is 2.65. The van der Waals surface area contributed by atoms with Crippen molar-refractivity contribution in [1.29, 1.82) is 0 Å². The van der Waals surface area contributed by atoms with Crippen molar-refractivity contribution in [1.82, 2.24) is 0 Å². The number of rotatable bonds is 8. The van der Waals surface area contributed by atoms with Crippen molar-refractivity contribution < 1.29 is 28.8 Å². The van der Waals surface area contributed by atoms with E-state index in [1.165, 1.54) is 7.11 Å². The van der Waals surface area contributed by atoms with Crippen LogP contribution in [0.3, 0.4) is 0 Å². The molecule has 26 heavy (non-hydrogen) atoms. The van der Waals surface area contributed by atoms with Gasteiger partial charge in [-0.15, -0.1) is 0 Å². The van der Waals surface area contributed by atoms with Crippen LogP contribution in [-0.4, -0.2) is 39.5 Å². The van der Waals surface area contributed by atoms with Crippen LogP contribution in [0.25, 0.3) is 0 Å². The van der Waals surface area contributed by atoms with Gasteiger partial charge in [-0.25, -0.2) is 0 Å². The van der Waals surface area contributed by atoms with Crippen molar-refractivity contribution >= 4 is 5.97 Å². The molecule has 0 aliphatic rings. The summed E-state index contributed by atoms with van der Waals surface area (Å²) in [6, 6.07) is 7.46. The topological polar surface area (TPSA) is 74.2 Å². The second-order valence-corrected chi connectivity index (χ2v) is 5.75. The van der Waals surface area contributed by atoms with E-state index in [0.29, 0.717) is 29.4 Å². The molecule has 1 N–H and O–H groups in total. The van der Waals surface area contributed by atoms with E-state index in [2.05, 4.69) is 0 Å². The third kappa shape index (κ3) is 3.69. The first kappa shape index (κ1) is 19.4. The highest BCUT2D eigenvalue weighted by molar-refractivity contribution is 5.71. The van der Waals surface area contributed by atoms with Gasteiger partial charge in [0.25, 0.3) is 0 Å². The Morgan fingerprint density at radius 1 is 0.846 bits per heavy atom. The highest BCUT2D eigenvalue weighted by Gasteiger charge is 2.25. The van der Waals surface area contributed by atoms with Gasteiger partial charge >= 0.3 is 5.97 Å². The molecule has 6 heteroatoms. The Morgan fingerprint density at radius 2 is 1.35 bits per heavy atom. The summed E-state index contributed by atoms with van der Waals surface area (Å²) in [6.07, 6.45) is 0.442. The lowest BCUT2D eigenvalue weighted by atomic mass is 9.93. The minimum absolute atomic E-state index is 0.0397. The summed E-state index contributed by atoms with van der Waals surface area (Å²) in [5.74, 6) is 1.16. The van der Waals surface area contributed by atoms with E-state index in [4.69, 9.17) is 24.1 Å². The number of carboxylic acids is 1. The van der Waals surface area contributed by atoms with E-state index < -0.39 is 5.97 Å². The number of ether oxygens (including phenoxy) is 4.